The van der Waals surface area contributed by atoms with Gasteiger partial charge >= 0.3 is 6.18 Å². The van der Waals surface area contributed by atoms with Gasteiger partial charge in [0.05, 0.1) is 5.56 Å². The normalized spacial score (nSPS) is 18.8. The van der Waals surface area contributed by atoms with Gasteiger partial charge in [0.2, 0.25) is 5.91 Å². The largest absolute Gasteiger partial charge is 0.417 e. The van der Waals surface area contributed by atoms with Crippen molar-refractivity contribution < 1.29 is 22.8 Å². The number of piperidine rings is 1. The molecule has 1 aliphatic heterocycles. The lowest BCUT2D eigenvalue weighted by Crippen LogP contribution is -2.37. The number of anilines is 1. The zero-order valence-corrected chi connectivity index (χ0v) is 12.8. The molecule has 1 aliphatic rings. The molecule has 0 radical (unpaired) electrons. The third-order valence-corrected chi connectivity index (χ3v) is 4.06. The van der Waals surface area contributed by atoms with Crippen molar-refractivity contribution in [2.75, 3.05) is 18.0 Å². The Hall–Kier alpha value is -2.05. The van der Waals surface area contributed by atoms with Gasteiger partial charge in [-0.2, -0.15) is 13.2 Å². The van der Waals surface area contributed by atoms with Gasteiger partial charge in [0.15, 0.2) is 5.78 Å². The Morgan fingerprint density at radius 3 is 2.61 bits per heavy atom. The number of hydrogen-bond donors (Lipinski definition) is 1. The van der Waals surface area contributed by atoms with E-state index < -0.39 is 23.4 Å². The Labute approximate surface area is 132 Å². The molecule has 0 bridgehead atoms. The fraction of sp³-hybridized carbons (Fsp3) is 0.500. The summed E-state index contributed by atoms with van der Waals surface area (Å²) in [4.78, 5) is 24.3. The molecule has 2 rings (SSSR count). The van der Waals surface area contributed by atoms with E-state index in [4.69, 9.17) is 5.73 Å². The zero-order valence-electron chi connectivity index (χ0n) is 12.8. The lowest BCUT2D eigenvalue weighted by atomic mass is 9.93. The third kappa shape index (κ3) is 4.24. The van der Waals surface area contributed by atoms with Gasteiger partial charge in [-0.1, -0.05) is 0 Å². The average molecular weight is 328 g/mol. The van der Waals surface area contributed by atoms with Crippen LogP contribution in [0.3, 0.4) is 0 Å². The first kappa shape index (κ1) is 17.3. The summed E-state index contributed by atoms with van der Waals surface area (Å²) in [7, 11) is 0. The number of Topliss-reactive ketones (excluding diaryl/α,β-unsaturated/α-hetero) is 1. The summed E-state index contributed by atoms with van der Waals surface area (Å²) in [5.74, 6) is -0.975. The van der Waals surface area contributed by atoms with E-state index >= 15 is 0 Å². The number of amides is 1. The quantitative estimate of drug-likeness (QED) is 0.864. The highest BCUT2D eigenvalue weighted by molar-refractivity contribution is 5.96. The minimum atomic E-state index is -4.58. The van der Waals surface area contributed by atoms with Crippen molar-refractivity contribution in [3.63, 3.8) is 0 Å². The molecular formula is C16H19F3N2O2. The SMILES string of the molecule is CC(=O)c1ccc(N2CCCC(CC(N)=O)C2)cc1C(F)(F)F. The van der Waals surface area contributed by atoms with E-state index in [1.165, 1.54) is 12.1 Å². The van der Waals surface area contributed by atoms with Crippen LogP contribution in [0.4, 0.5) is 18.9 Å². The summed E-state index contributed by atoms with van der Waals surface area (Å²) in [6.45, 7) is 2.22. The number of rotatable bonds is 4. The molecule has 1 aromatic rings. The average Bonchev–Trinajstić information content (AvgIpc) is 2.45. The number of nitrogens with two attached hydrogens (primary N) is 1. The number of ketones is 1. The first-order valence-corrected chi connectivity index (χ1v) is 7.44. The van der Waals surface area contributed by atoms with Crippen molar-refractivity contribution in [3.8, 4) is 0 Å². The Morgan fingerprint density at radius 1 is 1.35 bits per heavy atom. The molecule has 1 fully saturated rings. The topological polar surface area (TPSA) is 63.4 Å². The molecule has 4 nitrogen and oxygen atoms in total. The van der Waals surface area contributed by atoms with E-state index in [1.807, 2.05) is 4.90 Å². The molecule has 2 N–H and O–H groups in total. The highest BCUT2D eigenvalue weighted by atomic mass is 19.4. The molecule has 0 aliphatic carbocycles. The van der Waals surface area contributed by atoms with Gasteiger partial charge in [-0.25, -0.2) is 0 Å². The number of alkyl halides is 3. The minimum Gasteiger partial charge on any atom is -0.371 e. The van der Waals surface area contributed by atoms with Crippen molar-refractivity contribution in [2.24, 2.45) is 11.7 Å². The van der Waals surface area contributed by atoms with E-state index in [-0.39, 0.29) is 17.9 Å². The Balaban J connectivity index is 2.29. The maximum Gasteiger partial charge on any atom is 0.417 e. The molecule has 1 aromatic carbocycles. The van der Waals surface area contributed by atoms with Crippen LogP contribution in [0.5, 0.6) is 0 Å². The Morgan fingerprint density at radius 2 is 2.04 bits per heavy atom. The first-order valence-electron chi connectivity index (χ1n) is 7.44. The van der Waals surface area contributed by atoms with Crippen LogP contribution in [-0.4, -0.2) is 24.8 Å². The second kappa shape index (κ2) is 6.60. The van der Waals surface area contributed by atoms with Crippen LogP contribution in [0.15, 0.2) is 18.2 Å². The molecule has 1 amide bonds. The lowest BCUT2D eigenvalue weighted by Gasteiger charge is -2.34. The molecule has 126 valence electrons. The number of carbonyl (C=O) groups excluding carboxylic acids is 2. The predicted octanol–water partition coefficient (Wildman–Crippen LogP) is 3.00. The summed E-state index contributed by atoms with van der Waals surface area (Å²) in [5.41, 5.74) is 4.37. The van der Waals surface area contributed by atoms with Crippen LogP contribution in [0.25, 0.3) is 0 Å². The van der Waals surface area contributed by atoms with Gasteiger partial charge in [0.1, 0.15) is 0 Å². The van der Waals surface area contributed by atoms with Gasteiger partial charge in [0.25, 0.3) is 0 Å². The van der Waals surface area contributed by atoms with E-state index in [1.54, 1.807) is 0 Å². The maximum absolute atomic E-state index is 13.2. The number of carbonyl (C=O) groups is 2. The molecule has 1 unspecified atom stereocenters. The lowest BCUT2D eigenvalue weighted by molar-refractivity contribution is -0.137. The van der Waals surface area contributed by atoms with E-state index in [9.17, 15) is 22.8 Å². The molecule has 1 atom stereocenters. The molecular weight excluding hydrogens is 309 g/mol. The second-order valence-corrected chi connectivity index (χ2v) is 5.91. The van der Waals surface area contributed by atoms with Gasteiger partial charge in [-0.15, -0.1) is 0 Å². The molecule has 1 heterocycles. The van der Waals surface area contributed by atoms with Gasteiger partial charge < -0.3 is 10.6 Å². The number of benzene rings is 1. The van der Waals surface area contributed by atoms with Crippen LogP contribution >= 0.6 is 0 Å². The standard InChI is InChI=1S/C16H19F3N2O2/c1-10(22)13-5-4-12(8-14(13)16(17,18)19)21-6-2-3-11(9-21)7-15(20)23/h4-5,8,11H,2-3,6-7,9H2,1H3,(H2,20,23). The Bertz CT molecular complexity index is 614. The van der Waals surface area contributed by atoms with Crippen LogP contribution in [0.1, 0.15) is 42.1 Å². The second-order valence-electron chi connectivity index (χ2n) is 5.91. The zero-order chi connectivity index (χ0) is 17.2. The van der Waals surface area contributed by atoms with Crippen LogP contribution < -0.4 is 10.6 Å². The van der Waals surface area contributed by atoms with Crippen LogP contribution in [-0.2, 0) is 11.0 Å². The van der Waals surface area contributed by atoms with E-state index in [2.05, 4.69) is 0 Å². The maximum atomic E-state index is 13.2. The molecule has 0 spiro atoms. The molecule has 0 aromatic heterocycles. The fourth-order valence-corrected chi connectivity index (χ4v) is 3.02. The third-order valence-electron chi connectivity index (χ3n) is 4.06. The van der Waals surface area contributed by atoms with Crippen molar-refractivity contribution in [1.29, 1.82) is 0 Å². The molecule has 1 saturated heterocycles. The number of nitrogens with zero attached hydrogens (tertiary/aromatic N) is 1. The van der Waals surface area contributed by atoms with E-state index in [0.717, 1.165) is 25.8 Å². The van der Waals surface area contributed by atoms with E-state index in [0.29, 0.717) is 18.8 Å². The monoisotopic (exact) mass is 328 g/mol. The summed E-state index contributed by atoms with van der Waals surface area (Å²) in [5, 5.41) is 0. The first-order chi connectivity index (χ1) is 10.7. The van der Waals surface area contributed by atoms with Crippen molar-refractivity contribution in [3.05, 3.63) is 29.3 Å². The minimum absolute atomic E-state index is 0.0445. The summed E-state index contributed by atoms with van der Waals surface area (Å²) < 4.78 is 39.5. The summed E-state index contributed by atoms with van der Waals surface area (Å²) in [6.07, 6.45) is -2.74. The van der Waals surface area contributed by atoms with Crippen molar-refractivity contribution in [2.45, 2.75) is 32.4 Å². The number of primary amides is 1. The summed E-state index contributed by atoms with van der Waals surface area (Å²) >= 11 is 0. The highest BCUT2D eigenvalue weighted by Crippen LogP contribution is 2.36. The fourth-order valence-electron chi connectivity index (χ4n) is 3.02. The van der Waals surface area contributed by atoms with Crippen LogP contribution in [0.2, 0.25) is 0 Å². The van der Waals surface area contributed by atoms with Gasteiger partial charge in [0, 0.05) is 30.8 Å². The number of halogens is 3. The molecule has 7 heteroatoms. The highest BCUT2D eigenvalue weighted by Gasteiger charge is 2.35. The Kier molecular flexibility index (Phi) is 4.97. The van der Waals surface area contributed by atoms with Gasteiger partial charge in [-0.05, 0) is 43.9 Å². The number of hydrogen-bond acceptors (Lipinski definition) is 3. The summed E-state index contributed by atoms with van der Waals surface area (Å²) in [6, 6.07) is 3.76. The smallest absolute Gasteiger partial charge is 0.371 e. The van der Waals surface area contributed by atoms with Crippen LogP contribution in [0, 0.1) is 5.92 Å². The van der Waals surface area contributed by atoms with Crippen molar-refractivity contribution in [1.82, 2.24) is 0 Å². The predicted molar refractivity (Wildman–Crippen MR) is 80.2 cm³/mol. The van der Waals surface area contributed by atoms with Crippen molar-refractivity contribution >= 4 is 17.4 Å². The van der Waals surface area contributed by atoms with Gasteiger partial charge in [-0.3, -0.25) is 9.59 Å². The molecule has 0 saturated carbocycles. The molecule has 23 heavy (non-hydrogen) atoms.